The molecule has 0 N–H and O–H groups in total. The predicted molar refractivity (Wildman–Crippen MR) is 88.5 cm³/mol. The number of rotatable bonds is 4. The third-order valence-electron chi connectivity index (χ3n) is 4.35. The molecule has 0 bridgehead atoms. The third-order valence-corrected chi connectivity index (χ3v) is 4.35. The molecule has 1 aromatic heterocycles. The quantitative estimate of drug-likeness (QED) is 0.865. The summed E-state index contributed by atoms with van der Waals surface area (Å²) in [5.74, 6) is 1.56. The van der Waals surface area contributed by atoms with Crippen molar-refractivity contribution < 1.29 is 9.53 Å². The predicted octanol–water partition coefficient (Wildman–Crippen LogP) is 2.31. The van der Waals surface area contributed by atoms with Crippen LogP contribution in [0, 0.1) is 18.3 Å². The van der Waals surface area contributed by atoms with E-state index in [0.717, 1.165) is 25.2 Å². The first kappa shape index (κ1) is 16.1. The SMILES string of the molecule is Cc1nccn1[C@@H]1CCCN(C(=O)COc2ccc(C#N)cc2)C1. The van der Waals surface area contributed by atoms with Crippen LogP contribution >= 0.6 is 0 Å². The molecule has 2 heterocycles. The molecule has 1 saturated heterocycles. The second kappa shape index (κ2) is 7.18. The fourth-order valence-electron chi connectivity index (χ4n) is 3.04. The molecule has 0 unspecified atom stereocenters. The molecule has 124 valence electrons. The van der Waals surface area contributed by atoms with E-state index in [2.05, 4.69) is 15.6 Å². The molecule has 24 heavy (non-hydrogen) atoms. The van der Waals surface area contributed by atoms with Crippen molar-refractivity contribution in [3.05, 3.63) is 48.0 Å². The second-order valence-electron chi connectivity index (χ2n) is 5.94. The van der Waals surface area contributed by atoms with Crippen LogP contribution in [0.1, 0.15) is 30.3 Å². The van der Waals surface area contributed by atoms with Gasteiger partial charge in [0.15, 0.2) is 6.61 Å². The largest absolute Gasteiger partial charge is 0.484 e. The summed E-state index contributed by atoms with van der Waals surface area (Å²) in [6, 6.07) is 9.11. The van der Waals surface area contributed by atoms with Crippen molar-refractivity contribution in [1.29, 1.82) is 5.26 Å². The van der Waals surface area contributed by atoms with Gasteiger partial charge in [-0.05, 0) is 44.0 Å². The molecule has 1 fully saturated rings. The number of hydrogen-bond acceptors (Lipinski definition) is 4. The van der Waals surface area contributed by atoms with Crippen LogP contribution in [0.4, 0.5) is 0 Å². The van der Waals surface area contributed by atoms with Crippen molar-refractivity contribution in [3.63, 3.8) is 0 Å². The molecule has 1 atom stereocenters. The average Bonchev–Trinajstić information content (AvgIpc) is 3.06. The van der Waals surface area contributed by atoms with Gasteiger partial charge in [0.05, 0.1) is 17.7 Å². The van der Waals surface area contributed by atoms with Crippen molar-refractivity contribution >= 4 is 5.91 Å². The van der Waals surface area contributed by atoms with Crippen LogP contribution in [0.15, 0.2) is 36.7 Å². The van der Waals surface area contributed by atoms with E-state index >= 15 is 0 Å². The maximum absolute atomic E-state index is 12.4. The molecule has 6 heteroatoms. The highest BCUT2D eigenvalue weighted by Crippen LogP contribution is 2.23. The van der Waals surface area contributed by atoms with E-state index in [1.807, 2.05) is 18.0 Å². The maximum Gasteiger partial charge on any atom is 0.260 e. The van der Waals surface area contributed by atoms with Gasteiger partial charge < -0.3 is 14.2 Å². The highest BCUT2D eigenvalue weighted by molar-refractivity contribution is 5.77. The number of nitrogens with zero attached hydrogens (tertiary/aromatic N) is 4. The zero-order chi connectivity index (χ0) is 16.9. The number of piperidine rings is 1. The van der Waals surface area contributed by atoms with E-state index in [1.165, 1.54) is 0 Å². The number of likely N-dealkylation sites (tertiary alicyclic amines) is 1. The minimum Gasteiger partial charge on any atom is -0.484 e. The Morgan fingerprint density at radius 3 is 2.88 bits per heavy atom. The lowest BCUT2D eigenvalue weighted by atomic mass is 10.1. The van der Waals surface area contributed by atoms with Gasteiger partial charge in [0, 0.05) is 25.5 Å². The fraction of sp³-hybridized carbons (Fsp3) is 0.389. The lowest BCUT2D eigenvalue weighted by molar-refractivity contribution is -0.135. The van der Waals surface area contributed by atoms with Gasteiger partial charge in [0.1, 0.15) is 11.6 Å². The Labute approximate surface area is 141 Å². The van der Waals surface area contributed by atoms with Gasteiger partial charge in [0.2, 0.25) is 0 Å². The number of carbonyl (C=O) groups excluding carboxylic acids is 1. The van der Waals surface area contributed by atoms with E-state index < -0.39 is 0 Å². The first-order valence-corrected chi connectivity index (χ1v) is 8.07. The summed E-state index contributed by atoms with van der Waals surface area (Å²) in [6.45, 7) is 3.45. The standard InChI is InChI=1S/C18H20N4O2/c1-14-20-8-10-22(14)16-3-2-9-21(12-16)18(23)13-24-17-6-4-15(11-19)5-7-17/h4-8,10,16H,2-3,9,12-13H2,1H3/t16-/m1/s1. The molecule has 0 radical (unpaired) electrons. The van der Waals surface area contributed by atoms with Crippen LogP contribution in [0.2, 0.25) is 0 Å². The molecule has 0 saturated carbocycles. The maximum atomic E-state index is 12.4. The van der Waals surface area contributed by atoms with Crippen LogP contribution in [0.3, 0.4) is 0 Å². The lowest BCUT2D eigenvalue weighted by Gasteiger charge is -2.33. The Morgan fingerprint density at radius 2 is 2.21 bits per heavy atom. The Hall–Kier alpha value is -2.81. The number of aryl methyl sites for hydroxylation is 1. The highest BCUT2D eigenvalue weighted by Gasteiger charge is 2.25. The van der Waals surface area contributed by atoms with E-state index in [0.29, 0.717) is 17.9 Å². The molecule has 1 aliphatic rings. The van der Waals surface area contributed by atoms with Gasteiger partial charge in [0.25, 0.3) is 5.91 Å². The van der Waals surface area contributed by atoms with Crippen LogP contribution in [0.25, 0.3) is 0 Å². The summed E-state index contributed by atoms with van der Waals surface area (Å²) >= 11 is 0. The summed E-state index contributed by atoms with van der Waals surface area (Å²) in [5.41, 5.74) is 0.572. The third kappa shape index (κ3) is 3.57. The first-order chi connectivity index (χ1) is 11.7. The number of benzene rings is 1. The van der Waals surface area contributed by atoms with Gasteiger partial charge in [-0.3, -0.25) is 4.79 Å². The molecule has 0 spiro atoms. The molecular formula is C18H20N4O2. The number of nitriles is 1. The Kier molecular flexibility index (Phi) is 4.80. The van der Waals surface area contributed by atoms with Gasteiger partial charge in [-0.15, -0.1) is 0 Å². The molecule has 3 rings (SSSR count). The summed E-state index contributed by atoms with van der Waals surface area (Å²) in [5, 5.41) is 8.78. The van der Waals surface area contributed by atoms with Crippen LogP contribution in [-0.4, -0.2) is 40.1 Å². The summed E-state index contributed by atoms with van der Waals surface area (Å²) in [4.78, 5) is 18.5. The second-order valence-corrected chi connectivity index (χ2v) is 5.94. The number of imidazole rings is 1. The van der Waals surface area contributed by atoms with Crippen molar-refractivity contribution in [1.82, 2.24) is 14.5 Å². The minimum absolute atomic E-state index is 0.0122. The molecule has 0 aliphatic carbocycles. The van der Waals surface area contributed by atoms with Crippen LogP contribution in [-0.2, 0) is 4.79 Å². The molecular weight excluding hydrogens is 304 g/mol. The minimum atomic E-state index is -0.0122. The Bertz CT molecular complexity index is 745. The van der Waals surface area contributed by atoms with Crippen molar-refractivity contribution in [2.75, 3.05) is 19.7 Å². The van der Waals surface area contributed by atoms with Crippen molar-refractivity contribution in [2.24, 2.45) is 0 Å². The lowest BCUT2D eigenvalue weighted by Crippen LogP contribution is -2.43. The Balaban J connectivity index is 1.56. The van der Waals surface area contributed by atoms with Gasteiger partial charge >= 0.3 is 0 Å². The van der Waals surface area contributed by atoms with E-state index in [4.69, 9.17) is 10.00 Å². The van der Waals surface area contributed by atoms with E-state index in [1.54, 1.807) is 30.5 Å². The molecule has 1 aromatic carbocycles. The van der Waals surface area contributed by atoms with E-state index in [-0.39, 0.29) is 18.6 Å². The Morgan fingerprint density at radius 1 is 1.42 bits per heavy atom. The van der Waals surface area contributed by atoms with Crippen molar-refractivity contribution in [2.45, 2.75) is 25.8 Å². The number of ether oxygens (including phenoxy) is 1. The van der Waals surface area contributed by atoms with Gasteiger partial charge in [-0.1, -0.05) is 0 Å². The monoisotopic (exact) mass is 324 g/mol. The number of amides is 1. The molecule has 6 nitrogen and oxygen atoms in total. The summed E-state index contributed by atoms with van der Waals surface area (Å²) in [7, 11) is 0. The normalized spacial score (nSPS) is 17.3. The van der Waals surface area contributed by atoms with Gasteiger partial charge in [-0.2, -0.15) is 5.26 Å². The fourth-order valence-corrected chi connectivity index (χ4v) is 3.04. The zero-order valence-corrected chi connectivity index (χ0v) is 13.7. The van der Waals surface area contributed by atoms with Gasteiger partial charge in [-0.25, -0.2) is 4.98 Å². The zero-order valence-electron chi connectivity index (χ0n) is 13.7. The van der Waals surface area contributed by atoms with Crippen LogP contribution < -0.4 is 4.74 Å². The summed E-state index contributed by atoms with van der Waals surface area (Å²) in [6.07, 6.45) is 5.80. The van der Waals surface area contributed by atoms with Crippen molar-refractivity contribution in [3.8, 4) is 11.8 Å². The first-order valence-electron chi connectivity index (χ1n) is 8.07. The highest BCUT2D eigenvalue weighted by atomic mass is 16.5. The number of hydrogen-bond donors (Lipinski definition) is 0. The number of aromatic nitrogens is 2. The molecule has 1 amide bonds. The average molecular weight is 324 g/mol. The molecule has 1 aliphatic heterocycles. The van der Waals surface area contributed by atoms with E-state index in [9.17, 15) is 4.79 Å². The number of carbonyl (C=O) groups is 1. The summed E-state index contributed by atoms with van der Waals surface area (Å²) < 4.78 is 7.69. The topological polar surface area (TPSA) is 71.2 Å². The smallest absolute Gasteiger partial charge is 0.260 e. The molecule has 2 aromatic rings. The van der Waals surface area contributed by atoms with Crippen LogP contribution in [0.5, 0.6) is 5.75 Å².